The molecule has 0 bridgehead atoms. The lowest BCUT2D eigenvalue weighted by Gasteiger charge is -2.15. The fourth-order valence-electron chi connectivity index (χ4n) is 1.50. The number of benzene rings is 1. The number of nitrogens with zero attached hydrogens (tertiary/aromatic N) is 1. The molecule has 16 heavy (non-hydrogen) atoms. The monoisotopic (exact) mass is 244 g/mol. The average Bonchev–Trinajstić information content (AvgIpc) is 2.19. The van der Waals surface area contributed by atoms with Crippen molar-refractivity contribution < 1.29 is 4.39 Å². The van der Waals surface area contributed by atoms with Crippen molar-refractivity contribution in [3.8, 4) is 0 Å². The Morgan fingerprint density at radius 1 is 1.44 bits per heavy atom. The molecule has 1 rings (SSSR count). The van der Waals surface area contributed by atoms with Crippen LogP contribution in [0, 0.1) is 5.82 Å². The molecule has 1 atom stereocenters. The van der Waals surface area contributed by atoms with Crippen molar-refractivity contribution in [1.82, 2.24) is 4.90 Å². The van der Waals surface area contributed by atoms with Crippen LogP contribution in [-0.4, -0.2) is 31.6 Å². The molecule has 0 heterocycles. The third-order valence-corrected chi connectivity index (χ3v) is 2.80. The van der Waals surface area contributed by atoms with Gasteiger partial charge in [-0.3, -0.25) is 0 Å². The lowest BCUT2D eigenvalue weighted by atomic mass is 10.0. The molecule has 1 unspecified atom stereocenters. The highest BCUT2D eigenvalue weighted by molar-refractivity contribution is 6.31. The Balaban J connectivity index is 2.52. The predicted molar refractivity (Wildman–Crippen MR) is 66.3 cm³/mol. The second kappa shape index (κ2) is 6.18. The van der Waals surface area contributed by atoms with Crippen molar-refractivity contribution in [3.05, 3.63) is 34.6 Å². The zero-order valence-corrected chi connectivity index (χ0v) is 10.5. The molecule has 0 amide bonds. The van der Waals surface area contributed by atoms with Crippen LogP contribution in [0.5, 0.6) is 0 Å². The zero-order valence-electron chi connectivity index (χ0n) is 9.71. The van der Waals surface area contributed by atoms with Crippen LogP contribution in [0.15, 0.2) is 18.2 Å². The Morgan fingerprint density at radius 3 is 2.69 bits per heavy atom. The highest BCUT2D eigenvalue weighted by Crippen LogP contribution is 2.18. The first-order valence-corrected chi connectivity index (χ1v) is 5.71. The Hall–Kier alpha value is -0.640. The lowest BCUT2D eigenvalue weighted by Crippen LogP contribution is -2.28. The van der Waals surface area contributed by atoms with Gasteiger partial charge in [0.1, 0.15) is 5.82 Å². The average molecular weight is 245 g/mol. The summed E-state index contributed by atoms with van der Waals surface area (Å²) in [6.45, 7) is 0.944. The number of nitrogens with two attached hydrogens (primary N) is 1. The summed E-state index contributed by atoms with van der Waals surface area (Å²) in [5, 5.41) is 0.459. The van der Waals surface area contributed by atoms with Gasteiger partial charge in [-0.2, -0.15) is 0 Å². The number of hydrogen-bond donors (Lipinski definition) is 1. The van der Waals surface area contributed by atoms with Crippen LogP contribution in [0.2, 0.25) is 5.02 Å². The van der Waals surface area contributed by atoms with E-state index in [4.69, 9.17) is 17.3 Å². The highest BCUT2D eigenvalue weighted by Gasteiger charge is 2.08. The first kappa shape index (κ1) is 13.4. The molecule has 0 aliphatic heterocycles. The fraction of sp³-hybridized carbons (Fsp3) is 0.500. The summed E-state index contributed by atoms with van der Waals surface area (Å²) in [6, 6.07) is 4.51. The second-order valence-corrected chi connectivity index (χ2v) is 4.70. The van der Waals surface area contributed by atoms with Gasteiger partial charge in [0.2, 0.25) is 0 Å². The molecule has 0 saturated carbocycles. The quantitative estimate of drug-likeness (QED) is 0.861. The van der Waals surface area contributed by atoms with Crippen molar-refractivity contribution in [2.75, 3.05) is 20.6 Å². The normalized spacial score (nSPS) is 13.1. The van der Waals surface area contributed by atoms with E-state index in [2.05, 4.69) is 4.90 Å². The minimum Gasteiger partial charge on any atom is -0.327 e. The molecule has 2 N–H and O–H groups in total. The zero-order chi connectivity index (χ0) is 12.1. The van der Waals surface area contributed by atoms with Crippen LogP contribution in [-0.2, 0) is 6.42 Å². The first-order chi connectivity index (χ1) is 7.49. The maximum atomic E-state index is 12.8. The van der Waals surface area contributed by atoms with E-state index in [1.165, 1.54) is 12.1 Å². The topological polar surface area (TPSA) is 29.3 Å². The van der Waals surface area contributed by atoms with Crippen LogP contribution in [0.25, 0.3) is 0 Å². The number of rotatable bonds is 5. The summed E-state index contributed by atoms with van der Waals surface area (Å²) in [5.41, 5.74) is 6.89. The molecule has 1 aromatic carbocycles. The minimum absolute atomic E-state index is 0.0605. The Kier molecular flexibility index (Phi) is 5.19. The summed E-state index contributed by atoms with van der Waals surface area (Å²) in [4.78, 5) is 2.09. The molecule has 4 heteroatoms. The van der Waals surface area contributed by atoms with E-state index in [1.807, 2.05) is 14.1 Å². The maximum absolute atomic E-state index is 12.8. The van der Waals surface area contributed by atoms with Gasteiger partial charge in [-0.05, 0) is 51.2 Å². The molecule has 2 nitrogen and oxygen atoms in total. The highest BCUT2D eigenvalue weighted by atomic mass is 35.5. The Morgan fingerprint density at radius 2 is 2.12 bits per heavy atom. The van der Waals surface area contributed by atoms with Gasteiger partial charge >= 0.3 is 0 Å². The van der Waals surface area contributed by atoms with Gasteiger partial charge in [0.25, 0.3) is 0 Å². The lowest BCUT2D eigenvalue weighted by molar-refractivity contribution is 0.379. The van der Waals surface area contributed by atoms with E-state index < -0.39 is 0 Å². The molecule has 0 radical (unpaired) electrons. The summed E-state index contributed by atoms with van der Waals surface area (Å²) in [7, 11) is 4.02. The van der Waals surface area contributed by atoms with E-state index in [0.29, 0.717) is 11.4 Å². The van der Waals surface area contributed by atoms with Crippen LogP contribution in [0.4, 0.5) is 4.39 Å². The van der Waals surface area contributed by atoms with Crippen molar-refractivity contribution >= 4 is 11.6 Å². The number of hydrogen-bond acceptors (Lipinski definition) is 2. The van der Waals surface area contributed by atoms with Crippen molar-refractivity contribution in [3.63, 3.8) is 0 Å². The van der Waals surface area contributed by atoms with Crippen LogP contribution < -0.4 is 5.73 Å². The van der Waals surface area contributed by atoms with Gasteiger partial charge in [0.05, 0.1) is 0 Å². The van der Waals surface area contributed by atoms with Crippen molar-refractivity contribution in [2.45, 2.75) is 18.9 Å². The van der Waals surface area contributed by atoms with Gasteiger partial charge in [-0.15, -0.1) is 0 Å². The van der Waals surface area contributed by atoms with Crippen molar-refractivity contribution in [2.24, 2.45) is 5.73 Å². The van der Waals surface area contributed by atoms with Gasteiger partial charge in [-0.25, -0.2) is 4.39 Å². The standard InChI is InChI=1S/C12H18ClFN2/c1-16(2)6-5-11(15)7-9-3-4-10(14)8-12(9)13/h3-4,8,11H,5-7,15H2,1-2H3. The van der Waals surface area contributed by atoms with Gasteiger partial charge in [-0.1, -0.05) is 17.7 Å². The summed E-state index contributed by atoms with van der Waals surface area (Å²) in [5.74, 6) is -0.310. The first-order valence-electron chi connectivity index (χ1n) is 5.33. The molecule has 1 aromatic rings. The maximum Gasteiger partial charge on any atom is 0.124 e. The second-order valence-electron chi connectivity index (χ2n) is 4.29. The molecule has 0 aliphatic carbocycles. The summed E-state index contributed by atoms with van der Waals surface area (Å²) >= 11 is 5.93. The van der Waals surface area contributed by atoms with E-state index >= 15 is 0 Å². The van der Waals surface area contributed by atoms with Crippen LogP contribution in [0.3, 0.4) is 0 Å². The molecule has 0 fully saturated rings. The van der Waals surface area contributed by atoms with E-state index in [-0.39, 0.29) is 11.9 Å². The molecular weight excluding hydrogens is 227 g/mol. The van der Waals surface area contributed by atoms with Gasteiger partial charge in [0.15, 0.2) is 0 Å². The molecule has 90 valence electrons. The van der Waals surface area contributed by atoms with E-state index in [9.17, 15) is 4.39 Å². The molecular formula is C12H18ClFN2. The van der Waals surface area contributed by atoms with Crippen molar-refractivity contribution in [1.29, 1.82) is 0 Å². The third-order valence-electron chi connectivity index (χ3n) is 2.44. The van der Waals surface area contributed by atoms with E-state index in [0.717, 1.165) is 18.5 Å². The third kappa shape index (κ3) is 4.47. The summed E-state index contributed by atoms with van der Waals surface area (Å²) < 4.78 is 12.8. The van der Waals surface area contributed by atoms with Crippen LogP contribution >= 0.6 is 11.6 Å². The predicted octanol–water partition coefficient (Wildman–Crippen LogP) is 2.30. The minimum atomic E-state index is -0.310. The number of halogens is 2. The SMILES string of the molecule is CN(C)CCC(N)Cc1ccc(F)cc1Cl. The van der Waals surface area contributed by atoms with Gasteiger partial charge in [0, 0.05) is 11.1 Å². The Bertz CT molecular complexity index is 342. The van der Waals surface area contributed by atoms with Gasteiger partial charge < -0.3 is 10.6 Å². The molecule has 0 saturated heterocycles. The van der Waals surface area contributed by atoms with Crippen LogP contribution in [0.1, 0.15) is 12.0 Å². The summed E-state index contributed by atoms with van der Waals surface area (Å²) in [6.07, 6.45) is 1.59. The molecule has 0 aromatic heterocycles. The largest absolute Gasteiger partial charge is 0.327 e. The van der Waals surface area contributed by atoms with E-state index in [1.54, 1.807) is 6.07 Å². The Labute approximate surface area is 101 Å². The molecule has 0 spiro atoms. The molecule has 0 aliphatic rings. The smallest absolute Gasteiger partial charge is 0.124 e. The fourth-order valence-corrected chi connectivity index (χ4v) is 1.74.